The Kier molecular flexibility index (Phi) is 3.27. The molecule has 1 fully saturated rings. The molecule has 0 N–H and O–H groups in total. The third kappa shape index (κ3) is 2.51. The topological polar surface area (TPSA) is 33.0 Å². The van der Waals surface area contributed by atoms with Crippen LogP contribution in [0, 0.1) is 17.2 Å². The van der Waals surface area contributed by atoms with Gasteiger partial charge in [0.25, 0.3) is 0 Å². The van der Waals surface area contributed by atoms with E-state index in [2.05, 4.69) is 22.0 Å². The van der Waals surface area contributed by atoms with Gasteiger partial charge in [-0.1, -0.05) is 22.4 Å². The fraction of sp³-hybridized carbons (Fsp3) is 0.417. The predicted molar refractivity (Wildman–Crippen MR) is 61.7 cm³/mol. The Balaban J connectivity index is 2.05. The lowest BCUT2D eigenvalue weighted by molar-refractivity contribution is 0.180. The normalized spacial score (nSPS) is 15.5. The second-order valence-corrected chi connectivity index (χ2v) is 4.78. The van der Waals surface area contributed by atoms with E-state index in [1.54, 1.807) is 6.07 Å². The number of benzene rings is 1. The van der Waals surface area contributed by atoms with Crippen LogP contribution in [0.15, 0.2) is 22.7 Å². The van der Waals surface area contributed by atoms with E-state index in [9.17, 15) is 0 Å². The van der Waals surface area contributed by atoms with Crippen molar-refractivity contribution in [2.24, 2.45) is 5.92 Å². The predicted octanol–water partition coefficient (Wildman–Crippen LogP) is 3.50. The third-order valence-electron chi connectivity index (χ3n) is 2.76. The monoisotopic (exact) mass is 265 g/mol. The Bertz CT molecular complexity index is 393. The minimum atomic E-state index is 0.609. The lowest BCUT2D eigenvalue weighted by Gasteiger charge is -2.25. The highest BCUT2D eigenvalue weighted by Crippen LogP contribution is 2.29. The summed E-state index contributed by atoms with van der Waals surface area (Å²) < 4.78 is 6.61. The first-order valence-corrected chi connectivity index (χ1v) is 5.91. The molecule has 0 aliphatic heterocycles. The van der Waals surface area contributed by atoms with Crippen LogP contribution >= 0.6 is 15.9 Å². The van der Waals surface area contributed by atoms with E-state index >= 15 is 0 Å². The Labute approximate surface area is 98.0 Å². The molecule has 1 saturated carbocycles. The van der Waals surface area contributed by atoms with E-state index in [0.29, 0.717) is 17.2 Å². The second-order valence-electron chi connectivity index (χ2n) is 3.86. The molecular weight excluding hydrogens is 254 g/mol. The van der Waals surface area contributed by atoms with Gasteiger partial charge in [-0.3, -0.25) is 0 Å². The van der Waals surface area contributed by atoms with Gasteiger partial charge in [-0.15, -0.1) is 0 Å². The molecule has 0 aromatic heterocycles. The molecule has 2 nitrogen and oxygen atoms in total. The van der Waals surface area contributed by atoms with Crippen LogP contribution < -0.4 is 4.74 Å². The van der Waals surface area contributed by atoms with Crippen molar-refractivity contribution in [2.45, 2.75) is 19.3 Å². The summed E-state index contributed by atoms with van der Waals surface area (Å²) in [6.07, 6.45) is 3.84. The van der Waals surface area contributed by atoms with E-state index in [0.717, 1.165) is 11.1 Å². The summed E-state index contributed by atoms with van der Waals surface area (Å²) in [6, 6.07) is 7.63. The van der Waals surface area contributed by atoms with Gasteiger partial charge in [-0.25, -0.2) is 0 Å². The van der Waals surface area contributed by atoms with Gasteiger partial charge in [0.15, 0.2) is 0 Å². The summed E-state index contributed by atoms with van der Waals surface area (Å²) in [5, 5.41) is 8.90. The van der Waals surface area contributed by atoms with Crippen molar-refractivity contribution in [2.75, 3.05) is 6.61 Å². The highest BCUT2D eigenvalue weighted by molar-refractivity contribution is 9.10. The Morgan fingerprint density at radius 1 is 1.47 bits per heavy atom. The van der Waals surface area contributed by atoms with Crippen molar-refractivity contribution in [1.82, 2.24) is 0 Å². The van der Waals surface area contributed by atoms with Gasteiger partial charge in [-0.2, -0.15) is 5.26 Å². The molecule has 0 saturated heterocycles. The van der Waals surface area contributed by atoms with Crippen LogP contribution in [0.3, 0.4) is 0 Å². The summed E-state index contributed by atoms with van der Waals surface area (Å²) >= 11 is 3.37. The minimum absolute atomic E-state index is 0.609. The summed E-state index contributed by atoms with van der Waals surface area (Å²) in [5.74, 6) is 1.38. The Hall–Kier alpha value is -1.01. The molecule has 0 atom stereocenters. The standard InChI is InChI=1S/C12H12BrNO/c13-11-5-4-10(7-14)12(6-11)15-8-9-2-1-3-9/h4-6,9H,1-3,8H2. The average molecular weight is 266 g/mol. The first-order valence-electron chi connectivity index (χ1n) is 5.12. The van der Waals surface area contributed by atoms with Gasteiger partial charge in [-0.05, 0) is 37.0 Å². The van der Waals surface area contributed by atoms with Crippen LogP contribution in [0.2, 0.25) is 0 Å². The number of ether oxygens (including phenoxy) is 1. The average Bonchev–Trinajstić information content (AvgIpc) is 2.16. The lowest BCUT2D eigenvalue weighted by atomic mass is 9.86. The molecule has 78 valence electrons. The van der Waals surface area contributed by atoms with Crippen LogP contribution in [0.5, 0.6) is 5.75 Å². The molecule has 0 spiro atoms. The van der Waals surface area contributed by atoms with E-state index < -0.39 is 0 Å². The maximum Gasteiger partial charge on any atom is 0.138 e. The van der Waals surface area contributed by atoms with Crippen molar-refractivity contribution in [3.05, 3.63) is 28.2 Å². The van der Waals surface area contributed by atoms with Gasteiger partial charge in [0.2, 0.25) is 0 Å². The molecule has 2 rings (SSSR count). The molecular formula is C12H12BrNO. The number of hydrogen-bond donors (Lipinski definition) is 0. The molecule has 3 heteroatoms. The fourth-order valence-electron chi connectivity index (χ4n) is 1.58. The summed E-state index contributed by atoms with van der Waals surface area (Å²) in [4.78, 5) is 0. The number of nitriles is 1. The van der Waals surface area contributed by atoms with Crippen molar-refractivity contribution in [3.63, 3.8) is 0 Å². The van der Waals surface area contributed by atoms with Gasteiger partial charge in [0.05, 0.1) is 12.2 Å². The van der Waals surface area contributed by atoms with Crippen LogP contribution in [-0.4, -0.2) is 6.61 Å². The lowest BCUT2D eigenvalue weighted by Crippen LogP contribution is -2.19. The SMILES string of the molecule is N#Cc1ccc(Br)cc1OCC1CCC1. The first kappa shape index (κ1) is 10.5. The highest BCUT2D eigenvalue weighted by Gasteiger charge is 2.18. The third-order valence-corrected chi connectivity index (χ3v) is 3.26. The van der Waals surface area contributed by atoms with Crippen LogP contribution in [0.4, 0.5) is 0 Å². The number of halogens is 1. The van der Waals surface area contributed by atoms with Crippen molar-refractivity contribution >= 4 is 15.9 Å². The minimum Gasteiger partial charge on any atom is -0.492 e. The Morgan fingerprint density at radius 2 is 2.27 bits per heavy atom. The fourth-order valence-corrected chi connectivity index (χ4v) is 1.92. The summed E-state index contributed by atoms with van der Waals surface area (Å²) in [5.41, 5.74) is 0.609. The molecule has 1 aromatic rings. The van der Waals surface area contributed by atoms with Crippen molar-refractivity contribution in [3.8, 4) is 11.8 Å². The number of hydrogen-bond acceptors (Lipinski definition) is 2. The van der Waals surface area contributed by atoms with E-state index in [-0.39, 0.29) is 0 Å². The zero-order valence-corrected chi connectivity index (χ0v) is 9.96. The zero-order valence-electron chi connectivity index (χ0n) is 8.37. The second kappa shape index (κ2) is 4.67. The van der Waals surface area contributed by atoms with E-state index in [1.165, 1.54) is 19.3 Å². The van der Waals surface area contributed by atoms with Crippen molar-refractivity contribution in [1.29, 1.82) is 5.26 Å². The zero-order chi connectivity index (χ0) is 10.7. The smallest absolute Gasteiger partial charge is 0.138 e. The molecule has 0 radical (unpaired) electrons. The largest absolute Gasteiger partial charge is 0.492 e. The van der Waals surface area contributed by atoms with Crippen LogP contribution in [-0.2, 0) is 0 Å². The van der Waals surface area contributed by atoms with Crippen molar-refractivity contribution < 1.29 is 4.74 Å². The molecule has 15 heavy (non-hydrogen) atoms. The van der Waals surface area contributed by atoms with E-state index in [1.807, 2.05) is 12.1 Å². The number of nitrogens with zero attached hydrogens (tertiary/aromatic N) is 1. The van der Waals surface area contributed by atoms with Gasteiger partial charge in [0, 0.05) is 4.47 Å². The summed E-state index contributed by atoms with van der Waals surface area (Å²) in [6.45, 7) is 0.741. The molecule has 0 bridgehead atoms. The van der Waals surface area contributed by atoms with Crippen LogP contribution in [0.1, 0.15) is 24.8 Å². The Morgan fingerprint density at radius 3 is 2.87 bits per heavy atom. The molecule has 0 amide bonds. The number of rotatable bonds is 3. The molecule has 1 aliphatic carbocycles. The highest BCUT2D eigenvalue weighted by atomic mass is 79.9. The quantitative estimate of drug-likeness (QED) is 0.838. The molecule has 1 aromatic carbocycles. The van der Waals surface area contributed by atoms with Gasteiger partial charge >= 0.3 is 0 Å². The van der Waals surface area contributed by atoms with Crippen LogP contribution in [0.25, 0.3) is 0 Å². The molecule has 1 aliphatic rings. The molecule has 0 unspecified atom stereocenters. The maximum absolute atomic E-state index is 8.90. The first-order chi connectivity index (χ1) is 7.29. The molecule has 0 heterocycles. The summed E-state index contributed by atoms with van der Waals surface area (Å²) in [7, 11) is 0. The van der Waals surface area contributed by atoms with Gasteiger partial charge in [0.1, 0.15) is 11.8 Å². The van der Waals surface area contributed by atoms with E-state index in [4.69, 9.17) is 10.00 Å². The maximum atomic E-state index is 8.90. The van der Waals surface area contributed by atoms with Gasteiger partial charge < -0.3 is 4.74 Å².